The molecule has 1 aliphatic heterocycles. The lowest BCUT2D eigenvalue weighted by atomic mass is 10.0. The van der Waals surface area contributed by atoms with Crippen molar-refractivity contribution in [1.82, 2.24) is 4.31 Å². The second-order valence-electron chi connectivity index (χ2n) is 3.91. The number of carbonyl (C=O) groups excluding carboxylic acids is 1. The van der Waals surface area contributed by atoms with E-state index in [0.717, 1.165) is 19.1 Å². The molecule has 1 saturated heterocycles. The van der Waals surface area contributed by atoms with Crippen LogP contribution in [0.25, 0.3) is 0 Å². The van der Waals surface area contributed by atoms with Gasteiger partial charge in [-0.05, 0) is 19.8 Å². The summed E-state index contributed by atoms with van der Waals surface area (Å²) in [6.07, 6.45) is 2.41. The fraction of sp³-hybridized carbons (Fsp3) is 0.900. The molecule has 1 unspecified atom stereocenters. The number of sulfonamides is 1. The molecular weight excluding hydrogens is 230 g/mol. The van der Waals surface area contributed by atoms with E-state index in [2.05, 4.69) is 0 Å². The van der Waals surface area contributed by atoms with E-state index in [9.17, 15) is 13.2 Å². The average Bonchev–Trinajstić information content (AvgIpc) is 2.29. The number of ether oxygens (including phenoxy) is 1. The van der Waals surface area contributed by atoms with Gasteiger partial charge in [0.25, 0.3) is 0 Å². The molecule has 0 radical (unpaired) electrons. The van der Waals surface area contributed by atoms with Crippen molar-refractivity contribution in [3.05, 3.63) is 0 Å². The minimum atomic E-state index is -3.25. The molecule has 0 spiro atoms. The van der Waals surface area contributed by atoms with Gasteiger partial charge in [-0.15, -0.1) is 0 Å². The van der Waals surface area contributed by atoms with Crippen molar-refractivity contribution in [1.29, 1.82) is 0 Å². The molecule has 0 bridgehead atoms. The number of carbonyl (C=O) groups is 1. The fourth-order valence-electron chi connectivity index (χ4n) is 1.78. The van der Waals surface area contributed by atoms with Crippen molar-refractivity contribution in [2.45, 2.75) is 19.8 Å². The molecule has 0 aromatic heterocycles. The lowest BCUT2D eigenvalue weighted by Gasteiger charge is -2.29. The normalized spacial score (nSPS) is 23.2. The highest BCUT2D eigenvalue weighted by molar-refractivity contribution is 7.89. The van der Waals surface area contributed by atoms with Crippen molar-refractivity contribution in [3.8, 4) is 0 Å². The molecule has 94 valence electrons. The molecule has 0 aromatic carbocycles. The van der Waals surface area contributed by atoms with E-state index in [1.165, 1.54) is 4.31 Å². The molecule has 0 aromatic rings. The predicted molar refractivity (Wildman–Crippen MR) is 60.6 cm³/mol. The average molecular weight is 249 g/mol. The maximum atomic E-state index is 11.9. The van der Waals surface area contributed by atoms with Gasteiger partial charge in [0.15, 0.2) is 0 Å². The van der Waals surface area contributed by atoms with Crippen LogP contribution in [-0.2, 0) is 19.6 Å². The second-order valence-corrected chi connectivity index (χ2v) is 6.00. The van der Waals surface area contributed by atoms with Gasteiger partial charge in [-0.25, -0.2) is 12.7 Å². The first-order valence-electron chi connectivity index (χ1n) is 5.61. The van der Waals surface area contributed by atoms with Gasteiger partial charge in [0, 0.05) is 25.6 Å². The molecule has 0 amide bonds. The first-order valence-corrected chi connectivity index (χ1v) is 7.22. The van der Waals surface area contributed by atoms with Gasteiger partial charge in [0.2, 0.25) is 10.0 Å². The van der Waals surface area contributed by atoms with Crippen LogP contribution in [0, 0.1) is 5.92 Å². The Hall–Kier alpha value is -0.460. The van der Waals surface area contributed by atoms with Gasteiger partial charge < -0.3 is 9.53 Å². The first-order chi connectivity index (χ1) is 7.60. The number of piperidine rings is 1. The van der Waals surface area contributed by atoms with Crippen molar-refractivity contribution in [2.24, 2.45) is 5.92 Å². The Labute approximate surface area is 96.8 Å². The molecule has 1 aliphatic rings. The van der Waals surface area contributed by atoms with E-state index in [-0.39, 0.29) is 18.3 Å². The van der Waals surface area contributed by atoms with E-state index in [1.54, 1.807) is 0 Å². The Balaban J connectivity index is 2.50. The van der Waals surface area contributed by atoms with Crippen LogP contribution in [0.4, 0.5) is 0 Å². The Kier molecular flexibility index (Phi) is 5.37. The SMILES string of the molecule is CCOCCS(=O)(=O)N1CCCC(C=O)C1. The smallest absolute Gasteiger partial charge is 0.216 e. The molecular formula is C10H19NO4S. The summed E-state index contributed by atoms with van der Waals surface area (Å²) in [5.41, 5.74) is 0. The highest BCUT2D eigenvalue weighted by atomic mass is 32.2. The van der Waals surface area contributed by atoms with E-state index in [0.29, 0.717) is 19.7 Å². The molecule has 0 N–H and O–H groups in total. The van der Waals surface area contributed by atoms with Crippen LogP contribution >= 0.6 is 0 Å². The number of hydrogen-bond donors (Lipinski definition) is 0. The van der Waals surface area contributed by atoms with Gasteiger partial charge in [0.1, 0.15) is 6.29 Å². The lowest BCUT2D eigenvalue weighted by molar-refractivity contribution is -0.112. The quantitative estimate of drug-likeness (QED) is 0.500. The van der Waals surface area contributed by atoms with Crippen LogP contribution in [0.1, 0.15) is 19.8 Å². The molecule has 5 nitrogen and oxygen atoms in total. The maximum absolute atomic E-state index is 11.9. The van der Waals surface area contributed by atoms with Crippen LogP contribution in [0.2, 0.25) is 0 Å². The molecule has 0 saturated carbocycles. The zero-order chi connectivity index (χ0) is 12.0. The van der Waals surface area contributed by atoms with Crippen LogP contribution in [0.5, 0.6) is 0 Å². The van der Waals surface area contributed by atoms with Crippen molar-refractivity contribution < 1.29 is 17.9 Å². The summed E-state index contributed by atoms with van der Waals surface area (Å²) in [5.74, 6) is -0.137. The highest BCUT2D eigenvalue weighted by Crippen LogP contribution is 2.17. The van der Waals surface area contributed by atoms with Crippen molar-refractivity contribution in [2.75, 3.05) is 32.1 Å². The fourth-order valence-corrected chi connectivity index (χ4v) is 3.19. The molecule has 1 heterocycles. The van der Waals surface area contributed by atoms with Gasteiger partial charge in [-0.2, -0.15) is 0 Å². The highest BCUT2D eigenvalue weighted by Gasteiger charge is 2.28. The summed E-state index contributed by atoms with van der Waals surface area (Å²) < 4.78 is 30.2. The van der Waals surface area contributed by atoms with Gasteiger partial charge in [-0.1, -0.05) is 0 Å². The number of hydrogen-bond acceptors (Lipinski definition) is 4. The monoisotopic (exact) mass is 249 g/mol. The second kappa shape index (κ2) is 6.32. The number of aldehydes is 1. The predicted octanol–water partition coefficient (Wildman–Crippen LogP) is 0.264. The van der Waals surface area contributed by atoms with Gasteiger partial charge >= 0.3 is 0 Å². The Morgan fingerprint density at radius 2 is 2.25 bits per heavy atom. The third kappa shape index (κ3) is 3.84. The first kappa shape index (κ1) is 13.6. The van der Waals surface area contributed by atoms with E-state index in [1.807, 2.05) is 6.92 Å². The van der Waals surface area contributed by atoms with Crippen LogP contribution in [-0.4, -0.2) is 51.1 Å². The van der Waals surface area contributed by atoms with Crippen LogP contribution in [0.3, 0.4) is 0 Å². The van der Waals surface area contributed by atoms with Crippen LogP contribution < -0.4 is 0 Å². The molecule has 1 fully saturated rings. The third-order valence-corrected chi connectivity index (χ3v) is 4.50. The molecule has 16 heavy (non-hydrogen) atoms. The summed E-state index contributed by atoms with van der Waals surface area (Å²) in [5, 5.41) is 0. The largest absolute Gasteiger partial charge is 0.381 e. The number of rotatable bonds is 6. The zero-order valence-electron chi connectivity index (χ0n) is 9.59. The summed E-state index contributed by atoms with van der Waals surface area (Å²) in [7, 11) is -3.25. The molecule has 1 atom stereocenters. The lowest BCUT2D eigenvalue weighted by Crippen LogP contribution is -2.42. The molecule has 6 heteroatoms. The van der Waals surface area contributed by atoms with E-state index < -0.39 is 10.0 Å². The molecule has 0 aliphatic carbocycles. The Bertz CT molecular complexity index is 315. The summed E-state index contributed by atoms with van der Waals surface area (Å²) >= 11 is 0. The standard InChI is InChI=1S/C10H19NO4S/c1-2-15-6-7-16(13,14)11-5-3-4-10(8-11)9-12/h9-10H,2-8H2,1H3. The van der Waals surface area contributed by atoms with Crippen molar-refractivity contribution in [3.63, 3.8) is 0 Å². The van der Waals surface area contributed by atoms with Crippen molar-refractivity contribution >= 4 is 16.3 Å². The van der Waals surface area contributed by atoms with Gasteiger partial charge in [0.05, 0.1) is 12.4 Å². The summed E-state index contributed by atoms with van der Waals surface area (Å²) in [6, 6.07) is 0. The summed E-state index contributed by atoms with van der Waals surface area (Å²) in [6.45, 7) is 3.43. The minimum Gasteiger partial charge on any atom is -0.381 e. The van der Waals surface area contributed by atoms with Crippen LogP contribution in [0.15, 0.2) is 0 Å². The Morgan fingerprint density at radius 3 is 2.88 bits per heavy atom. The maximum Gasteiger partial charge on any atom is 0.216 e. The summed E-state index contributed by atoms with van der Waals surface area (Å²) in [4.78, 5) is 10.6. The van der Waals surface area contributed by atoms with E-state index >= 15 is 0 Å². The van der Waals surface area contributed by atoms with Gasteiger partial charge in [-0.3, -0.25) is 0 Å². The Morgan fingerprint density at radius 1 is 1.50 bits per heavy atom. The minimum absolute atomic E-state index is 0.00637. The zero-order valence-corrected chi connectivity index (χ0v) is 10.4. The van der Waals surface area contributed by atoms with E-state index in [4.69, 9.17) is 4.74 Å². The molecule has 1 rings (SSSR count). The topological polar surface area (TPSA) is 63.7 Å². The third-order valence-electron chi connectivity index (χ3n) is 2.70. The number of nitrogens with zero attached hydrogens (tertiary/aromatic N) is 1.